The smallest absolute Gasteiger partial charge is 0.229 e. The molecule has 0 aliphatic carbocycles. The normalized spacial score (nSPS) is 18.3. The van der Waals surface area contributed by atoms with Gasteiger partial charge in [-0.25, -0.2) is 4.98 Å². The Morgan fingerprint density at radius 3 is 2.84 bits per heavy atom. The number of aromatic amines is 1. The summed E-state index contributed by atoms with van der Waals surface area (Å²) in [6.45, 7) is 5.77. The standard InChI is InChI=1S/C18H22N6O/c1-12(2)18-19-15(23-25-18)11-24-10-6-9-14(24)17-20-16(21-22-17)13-7-4-3-5-8-13/h3-5,7-8,12,14H,6,9-11H2,1-2H3,(H,20,21,22)/t14-/m0/s1. The highest BCUT2D eigenvalue weighted by Gasteiger charge is 2.30. The van der Waals surface area contributed by atoms with Crippen molar-refractivity contribution >= 4 is 0 Å². The van der Waals surface area contributed by atoms with Crippen molar-refractivity contribution in [3.8, 4) is 11.4 Å². The van der Waals surface area contributed by atoms with Crippen LogP contribution in [0.4, 0.5) is 0 Å². The molecular formula is C18H22N6O. The fourth-order valence-electron chi connectivity index (χ4n) is 3.21. The van der Waals surface area contributed by atoms with Crippen LogP contribution in [0.15, 0.2) is 34.9 Å². The second-order valence-corrected chi connectivity index (χ2v) is 6.74. The summed E-state index contributed by atoms with van der Waals surface area (Å²) in [6.07, 6.45) is 2.18. The van der Waals surface area contributed by atoms with Crippen LogP contribution in [0.1, 0.15) is 56.2 Å². The van der Waals surface area contributed by atoms with Crippen LogP contribution in [-0.2, 0) is 6.54 Å². The van der Waals surface area contributed by atoms with E-state index >= 15 is 0 Å². The van der Waals surface area contributed by atoms with Crippen molar-refractivity contribution in [1.29, 1.82) is 0 Å². The van der Waals surface area contributed by atoms with Gasteiger partial charge in [0.25, 0.3) is 0 Å². The quantitative estimate of drug-likeness (QED) is 0.768. The van der Waals surface area contributed by atoms with Crippen LogP contribution in [0.2, 0.25) is 0 Å². The molecule has 1 fully saturated rings. The Morgan fingerprint density at radius 2 is 2.08 bits per heavy atom. The summed E-state index contributed by atoms with van der Waals surface area (Å²) in [6, 6.07) is 10.2. The summed E-state index contributed by atoms with van der Waals surface area (Å²) >= 11 is 0. The minimum absolute atomic E-state index is 0.214. The third-order valence-corrected chi connectivity index (χ3v) is 4.54. The summed E-state index contributed by atoms with van der Waals surface area (Å²) < 4.78 is 5.32. The zero-order valence-corrected chi connectivity index (χ0v) is 14.5. The molecule has 1 aliphatic heterocycles. The summed E-state index contributed by atoms with van der Waals surface area (Å²) in [4.78, 5) is 11.5. The molecule has 1 aliphatic rings. The predicted molar refractivity (Wildman–Crippen MR) is 92.6 cm³/mol. The number of hydrogen-bond donors (Lipinski definition) is 1. The van der Waals surface area contributed by atoms with Gasteiger partial charge in [-0.05, 0) is 19.4 Å². The first-order valence-corrected chi connectivity index (χ1v) is 8.75. The fourth-order valence-corrected chi connectivity index (χ4v) is 3.21. The molecule has 7 heteroatoms. The minimum Gasteiger partial charge on any atom is -0.339 e. The summed E-state index contributed by atoms with van der Waals surface area (Å²) in [5.41, 5.74) is 1.02. The average Bonchev–Trinajstić information content (AvgIpc) is 3.36. The highest BCUT2D eigenvalue weighted by Crippen LogP contribution is 2.31. The van der Waals surface area contributed by atoms with E-state index < -0.39 is 0 Å². The molecule has 0 amide bonds. The van der Waals surface area contributed by atoms with Crippen molar-refractivity contribution in [2.75, 3.05) is 6.54 Å². The second kappa shape index (κ2) is 6.76. The van der Waals surface area contributed by atoms with Crippen LogP contribution in [0.25, 0.3) is 11.4 Å². The maximum Gasteiger partial charge on any atom is 0.229 e. The van der Waals surface area contributed by atoms with Gasteiger partial charge in [0.2, 0.25) is 5.89 Å². The summed E-state index contributed by atoms with van der Waals surface area (Å²) in [5.74, 6) is 3.32. The van der Waals surface area contributed by atoms with Crippen LogP contribution in [0.3, 0.4) is 0 Å². The number of aromatic nitrogens is 5. The molecule has 3 heterocycles. The van der Waals surface area contributed by atoms with Gasteiger partial charge in [0.05, 0.1) is 12.6 Å². The van der Waals surface area contributed by atoms with Gasteiger partial charge < -0.3 is 4.52 Å². The molecule has 1 atom stereocenters. The van der Waals surface area contributed by atoms with Crippen molar-refractivity contribution in [1.82, 2.24) is 30.2 Å². The molecule has 2 aromatic heterocycles. The van der Waals surface area contributed by atoms with E-state index in [4.69, 9.17) is 9.51 Å². The van der Waals surface area contributed by atoms with Gasteiger partial charge in [-0.2, -0.15) is 10.1 Å². The van der Waals surface area contributed by atoms with Crippen LogP contribution < -0.4 is 0 Å². The third kappa shape index (κ3) is 3.32. The van der Waals surface area contributed by atoms with Gasteiger partial charge >= 0.3 is 0 Å². The van der Waals surface area contributed by atoms with Gasteiger partial charge in [0.1, 0.15) is 5.82 Å². The molecule has 0 spiro atoms. The number of H-pyrrole nitrogens is 1. The van der Waals surface area contributed by atoms with E-state index in [0.29, 0.717) is 12.4 Å². The van der Waals surface area contributed by atoms with E-state index in [-0.39, 0.29) is 12.0 Å². The Bertz CT molecular complexity index is 825. The highest BCUT2D eigenvalue weighted by molar-refractivity contribution is 5.53. The fraction of sp³-hybridized carbons (Fsp3) is 0.444. The van der Waals surface area contributed by atoms with Crippen molar-refractivity contribution in [2.24, 2.45) is 0 Å². The maximum absolute atomic E-state index is 5.32. The Hall–Kier alpha value is -2.54. The molecule has 130 valence electrons. The van der Waals surface area contributed by atoms with E-state index in [9.17, 15) is 0 Å². The van der Waals surface area contributed by atoms with Gasteiger partial charge in [0.15, 0.2) is 11.6 Å². The first-order chi connectivity index (χ1) is 12.2. The molecule has 1 N–H and O–H groups in total. The van der Waals surface area contributed by atoms with Crippen LogP contribution in [-0.4, -0.2) is 36.8 Å². The van der Waals surface area contributed by atoms with Crippen molar-refractivity contribution in [3.05, 3.63) is 47.9 Å². The van der Waals surface area contributed by atoms with Crippen LogP contribution >= 0.6 is 0 Å². The van der Waals surface area contributed by atoms with E-state index in [2.05, 4.69) is 39.1 Å². The summed E-state index contributed by atoms with van der Waals surface area (Å²) in [5, 5.41) is 11.6. The lowest BCUT2D eigenvalue weighted by Crippen LogP contribution is -2.24. The van der Waals surface area contributed by atoms with E-state index in [1.807, 2.05) is 30.3 Å². The number of hydrogen-bond acceptors (Lipinski definition) is 6. The molecule has 0 bridgehead atoms. The lowest BCUT2D eigenvalue weighted by Gasteiger charge is -2.20. The van der Waals surface area contributed by atoms with Gasteiger partial charge in [0, 0.05) is 11.5 Å². The SMILES string of the molecule is CC(C)c1nc(CN2CCC[C@H]2c2nc(-c3ccccc3)n[nH]2)no1. The largest absolute Gasteiger partial charge is 0.339 e. The number of likely N-dealkylation sites (tertiary alicyclic amines) is 1. The lowest BCUT2D eigenvalue weighted by molar-refractivity contribution is 0.230. The zero-order valence-electron chi connectivity index (χ0n) is 14.5. The molecule has 3 aromatic rings. The first kappa shape index (κ1) is 16.0. The molecule has 1 aromatic carbocycles. The van der Waals surface area contributed by atoms with Gasteiger partial charge in [-0.3, -0.25) is 10.00 Å². The van der Waals surface area contributed by atoms with Gasteiger partial charge in [-0.1, -0.05) is 49.3 Å². The number of nitrogens with zero attached hydrogens (tertiary/aromatic N) is 5. The molecule has 0 saturated carbocycles. The number of benzene rings is 1. The molecule has 7 nitrogen and oxygen atoms in total. The lowest BCUT2D eigenvalue weighted by atomic mass is 10.2. The van der Waals surface area contributed by atoms with Crippen molar-refractivity contribution in [3.63, 3.8) is 0 Å². The van der Waals surface area contributed by atoms with Crippen molar-refractivity contribution in [2.45, 2.75) is 45.2 Å². The maximum atomic E-state index is 5.32. The minimum atomic E-state index is 0.214. The Kier molecular flexibility index (Phi) is 4.31. The topological polar surface area (TPSA) is 83.7 Å². The Balaban J connectivity index is 1.50. The Morgan fingerprint density at radius 1 is 1.24 bits per heavy atom. The van der Waals surface area contributed by atoms with Gasteiger partial charge in [-0.15, -0.1) is 0 Å². The molecule has 0 radical (unpaired) electrons. The van der Waals surface area contributed by atoms with E-state index in [1.54, 1.807) is 0 Å². The summed E-state index contributed by atoms with van der Waals surface area (Å²) in [7, 11) is 0. The predicted octanol–water partition coefficient (Wildman–Crippen LogP) is 3.32. The average molecular weight is 338 g/mol. The second-order valence-electron chi connectivity index (χ2n) is 6.74. The number of rotatable bonds is 5. The number of nitrogens with one attached hydrogen (secondary N) is 1. The molecule has 25 heavy (non-hydrogen) atoms. The highest BCUT2D eigenvalue weighted by atomic mass is 16.5. The van der Waals surface area contributed by atoms with E-state index in [1.165, 1.54) is 0 Å². The van der Waals surface area contributed by atoms with Crippen molar-refractivity contribution < 1.29 is 4.52 Å². The van der Waals surface area contributed by atoms with E-state index in [0.717, 1.165) is 42.4 Å². The first-order valence-electron chi connectivity index (χ1n) is 8.75. The molecule has 0 unspecified atom stereocenters. The Labute approximate surface area is 146 Å². The molecule has 1 saturated heterocycles. The monoisotopic (exact) mass is 338 g/mol. The molecule has 4 rings (SSSR count). The molecular weight excluding hydrogens is 316 g/mol. The van der Waals surface area contributed by atoms with Crippen LogP contribution in [0, 0.1) is 0 Å². The van der Waals surface area contributed by atoms with Crippen LogP contribution in [0.5, 0.6) is 0 Å². The third-order valence-electron chi connectivity index (χ3n) is 4.54. The zero-order chi connectivity index (χ0) is 17.2.